The molecule has 1 aromatic heterocycles. The van der Waals surface area contributed by atoms with Crippen LogP contribution < -0.4 is 0 Å². The highest BCUT2D eigenvalue weighted by molar-refractivity contribution is 7.89. The number of aryl methyl sites for hydroxylation is 1. The Balaban J connectivity index is 1.46. The van der Waals surface area contributed by atoms with Crippen molar-refractivity contribution < 1.29 is 8.42 Å². The molecule has 0 unspecified atom stereocenters. The first-order valence-electron chi connectivity index (χ1n) is 9.11. The van der Waals surface area contributed by atoms with Gasteiger partial charge in [0, 0.05) is 24.7 Å². The molecule has 5 nitrogen and oxygen atoms in total. The average molecular weight is 404 g/mol. The lowest BCUT2D eigenvalue weighted by Gasteiger charge is -2.31. The van der Waals surface area contributed by atoms with Crippen LogP contribution >= 0.6 is 11.6 Å². The molecule has 1 aliphatic rings. The van der Waals surface area contributed by atoms with Gasteiger partial charge in [0.25, 0.3) is 0 Å². The fraction of sp³-hybridized carbons (Fsp3) is 0.350. The number of rotatable bonds is 4. The van der Waals surface area contributed by atoms with E-state index in [1.54, 1.807) is 29.4 Å². The van der Waals surface area contributed by atoms with E-state index in [4.69, 9.17) is 11.6 Å². The van der Waals surface area contributed by atoms with E-state index in [-0.39, 0.29) is 0 Å². The highest BCUT2D eigenvalue weighted by Gasteiger charge is 2.30. The molecular formula is C20H22ClN3O2S. The number of piperidine rings is 1. The summed E-state index contributed by atoms with van der Waals surface area (Å²) in [5.74, 6) is 0.439. The summed E-state index contributed by atoms with van der Waals surface area (Å²) in [6.07, 6.45) is 3.56. The summed E-state index contributed by atoms with van der Waals surface area (Å²) in [7, 11) is -3.51. The standard InChI is InChI=1S/C20H22ClN3O2S/c1-15-6-7-17(21)12-20(15)27(25,26)24-10-8-16(9-11-24)13-23-14-22-18-4-2-3-5-19(18)23/h2-7,12,14,16H,8-11,13H2,1H3. The van der Waals surface area contributed by atoms with E-state index in [1.807, 2.05) is 24.5 Å². The molecule has 0 amide bonds. The zero-order chi connectivity index (χ0) is 19.0. The third-order valence-electron chi connectivity index (χ3n) is 5.32. The molecule has 0 N–H and O–H groups in total. The number of sulfonamides is 1. The van der Waals surface area contributed by atoms with E-state index in [1.165, 1.54) is 0 Å². The van der Waals surface area contributed by atoms with Gasteiger partial charge in [0.1, 0.15) is 0 Å². The van der Waals surface area contributed by atoms with Crippen molar-refractivity contribution in [2.75, 3.05) is 13.1 Å². The van der Waals surface area contributed by atoms with Gasteiger partial charge in [0.15, 0.2) is 0 Å². The molecule has 1 aliphatic heterocycles. The van der Waals surface area contributed by atoms with Gasteiger partial charge in [0.05, 0.1) is 22.3 Å². The average Bonchev–Trinajstić information content (AvgIpc) is 3.07. The summed E-state index contributed by atoms with van der Waals surface area (Å²) in [5, 5.41) is 0.445. The normalized spacial score (nSPS) is 16.8. The molecule has 0 saturated carbocycles. The number of hydrogen-bond acceptors (Lipinski definition) is 3. The van der Waals surface area contributed by atoms with Gasteiger partial charge in [0.2, 0.25) is 10.0 Å². The van der Waals surface area contributed by atoms with Crippen molar-refractivity contribution >= 4 is 32.7 Å². The van der Waals surface area contributed by atoms with Crippen LogP contribution in [0.1, 0.15) is 18.4 Å². The SMILES string of the molecule is Cc1ccc(Cl)cc1S(=O)(=O)N1CCC(Cn2cnc3ccccc32)CC1. The second-order valence-electron chi connectivity index (χ2n) is 7.14. The van der Waals surface area contributed by atoms with Gasteiger partial charge in [-0.3, -0.25) is 0 Å². The number of benzene rings is 2. The molecule has 27 heavy (non-hydrogen) atoms. The van der Waals surface area contributed by atoms with Crippen LogP contribution in [0.5, 0.6) is 0 Å². The summed E-state index contributed by atoms with van der Waals surface area (Å²) in [4.78, 5) is 4.75. The Kier molecular flexibility index (Phi) is 4.97. The van der Waals surface area contributed by atoms with Crippen molar-refractivity contribution in [3.63, 3.8) is 0 Å². The van der Waals surface area contributed by atoms with Crippen LogP contribution in [0.25, 0.3) is 11.0 Å². The Morgan fingerprint density at radius 3 is 2.67 bits per heavy atom. The topological polar surface area (TPSA) is 55.2 Å². The Morgan fingerprint density at radius 2 is 1.89 bits per heavy atom. The fourth-order valence-corrected chi connectivity index (χ4v) is 5.71. The minimum absolute atomic E-state index is 0.314. The van der Waals surface area contributed by atoms with Gasteiger partial charge in [-0.2, -0.15) is 4.31 Å². The minimum atomic E-state index is -3.51. The van der Waals surface area contributed by atoms with Crippen molar-refractivity contribution in [3.8, 4) is 0 Å². The molecule has 142 valence electrons. The van der Waals surface area contributed by atoms with Crippen molar-refractivity contribution in [3.05, 3.63) is 59.4 Å². The number of hydrogen-bond donors (Lipinski definition) is 0. The number of nitrogens with zero attached hydrogens (tertiary/aromatic N) is 3. The molecule has 7 heteroatoms. The van der Waals surface area contributed by atoms with Gasteiger partial charge >= 0.3 is 0 Å². The number of aromatic nitrogens is 2. The molecule has 2 heterocycles. The van der Waals surface area contributed by atoms with Gasteiger partial charge in [-0.1, -0.05) is 29.8 Å². The van der Waals surface area contributed by atoms with Crippen molar-refractivity contribution in [1.29, 1.82) is 0 Å². The summed E-state index contributed by atoms with van der Waals surface area (Å²) in [6, 6.07) is 13.1. The lowest BCUT2D eigenvalue weighted by atomic mass is 9.98. The second-order valence-corrected chi connectivity index (χ2v) is 9.49. The van der Waals surface area contributed by atoms with Crippen LogP contribution in [-0.2, 0) is 16.6 Å². The summed E-state index contributed by atoms with van der Waals surface area (Å²) in [5.41, 5.74) is 2.85. The van der Waals surface area contributed by atoms with Crippen LogP contribution in [0.3, 0.4) is 0 Å². The Morgan fingerprint density at radius 1 is 1.15 bits per heavy atom. The smallest absolute Gasteiger partial charge is 0.243 e. The lowest BCUT2D eigenvalue weighted by Crippen LogP contribution is -2.39. The van der Waals surface area contributed by atoms with E-state index in [0.717, 1.165) is 36.0 Å². The molecule has 2 aromatic carbocycles. The third kappa shape index (κ3) is 3.61. The van der Waals surface area contributed by atoms with Crippen LogP contribution in [0.2, 0.25) is 5.02 Å². The molecule has 1 fully saturated rings. The van der Waals surface area contributed by atoms with E-state index >= 15 is 0 Å². The maximum Gasteiger partial charge on any atom is 0.243 e. The minimum Gasteiger partial charge on any atom is -0.330 e. The number of halogens is 1. The van der Waals surface area contributed by atoms with Gasteiger partial charge in [-0.25, -0.2) is 13.4 Å². The molecule has 4 rings (SSSR count). The van der Waals surface area contributed by atoms with E-state index < -0.39 is 10.0 Å². The van der Waals surface area contributed by atoms with Crippen LogP contribution in [0.4, 0.5) is 0 Å². The van der Waals surface area contributed by atoms with E-state index in [0.29, 0.717) is 28.9 Å². The van der Waals surface area contributed by atoms with E-state index in [2.05, 4.69) is 15.6 Å². The fourth-order valence-electron chi connectivity index (χ4n) is 3.76. The quantitative estimate of drug-likeness (QED) is 0.659. The maximum atomic E-state index is 13.0. The molecular weight excluding hydrogens is 382 g/mol. The summed E-state index contributed by atoms with van der Waals surface area (Å²) < 4.78 is 29.8. The second kappa shape index (κ2) is 7.26. The monoisotopic (exact) mass is 403 g/mol. The maximum absolute atomic E-state index is 13.0. The third-order valence-corrected chi connectivity index (χ3v) is 7.60. The lowest BCUT2D eigenvalue weighted by molar-refractivity contribution is 0.254. The Hall–Kier alpha value is -1.89. The highest BCUT2D eigenvalue weighted by atomic mass is 35.5. The first-order chi connectivity index (χ1) is 12.9. The number of fused-ring (bicyclic) bond motifs is 1. The first kappa shape index (κ1) is 18.5. The van der Waals surface area contributed by atoms with Crippen LogP contribution in [-0.4, -0.2) is 35.4 Å². The zero-order valence-corrected chi connectivity index (χ0v) is 16.7. The van der Waals surface area contributed by atoms with Crippen molar-refractivity contribution in [2.45, 2.75) is 31.2 Å². The molecule has 0 atom stereocenters. The van der Waals surface area contributed by atoms with Crippen molar-refractivity contribution in [2.24, 2.45) is 5.92 Å². The van der Waals surface area contributed by atoms with Gasteiger partial charge in [-0.15, -0.1) is 0 Å². The molecule has 0 bridgehead atoms. The summed E-state index contributed by atoms with van der Waals surface area (Å²) >= 11 is 6.02. The Bertz CT molecular complexity index is 1070. The molecule has 0 spiro atoms. The Labute approximate surface area is 164 Å². The zero-order valence-electron chi connectivity index (χ0n) is 15.2. The largest absolute Gasteiger partial charge is 0.330 e. The number of para-hydroxylation sites is 2. The molecule has 3 aromatic rings. The highest BCUT2D eigenvalue weighted by Crippen LogP contribution is 2.28. The molecule has 0 radical (unpaired) electrons. The predicted molar refractivity (Wildman–Crippen MR) is 107 cm³/mol. The van der Waals surface area contributed by atoms with Gasteiger partial charge < -0.3 is 4.57 Å². The molecule has 0 aliphatic carbocycles. The van der Waals surface area contributed by atoms with Crippen LogP contribution in [0.15, 0.2) is 53.7 Å². The summed E-state index contributed by atoms with van der Waals surface area (Å²) in [6.45, 7) is 3.74. The van der Waals surface area contributed by atoms with Crippen LogP contribution in [0, 0.1) is 12.8 Å². The molecule has 1 saturated heterocycles. The van der Waals surface area contributed by atoms with Gasteiger partial charge in [-0.05, 0) is 55.5 Å². The van der Waals surface area contributed by atoms with Crippen molar-refractivity contribution in [1.82, 2.24) is 13.9 Å². The predicted octanol–water partition coefficient (Wildman–Crippen LogP) is 4.10. The first-order valence-corrected chi connectivity index (χ1v) is 10.9. The number of imidazole rings is 1. The van der Waals surface area contributed by atoms with E-state index in [9.17, 15) is 8.42 Å².